The lowest BCUT2D eigenvalue weighted by atomic mass is 10.2. The van der Waals surface area contributed by atoms with Crippen molar-refractivity contribution in [2.24, 2.45) is 0 Å². The zero-order chi connectivity index (χ0) is 17.1. The van der Waals surface area contributed by atoms with Crippen LogP contribution < -0.4 is 4.74 Å². The van der Waals surface area contributed by atoms with Crippen molar-refractivity contribution in [3.63, 3.8) is 0 Å². The second-order valence-electron chi connectivity index (χ2n) is 4.65. The number of nitrogens with zero attached hydrogens (tertiary/aromatic N) is 3. The van der Waals surface area contributed by atoms with Crippen LogP contribution in [0.3, 0.4) is 0 Å². The lowest BCUT2D eigenvalue weighted by Gasteiger charge is -2.07. The Morgan fingerprint density at radius 1 is 1.17 bits per heavy atom. The second kappa shape index (κ2) is 6.88. The van der Waals surface area contributed by atoms with Gasteiger partial charge in [0.25, 0.3) is 5.89 Å². The highest BCUT2D eigenvalue weighted by Crippen LogP contribution is 2.24. The van der Waals surface area contributed by atoms with Crippen molar-refractivity contribution in [3.05, 3.63) is 59.0 Å². The molecule has 0 aliphatic rings. The fraction of sp³-hybridized carbons (Fsp3) is 0.133. The number of aromatic nitrogens is 3. The molecule has 0 atom stereocenters. The molecule has 0 bridgehead atoms. The molecule has 2 heterocycles. The Kier molecular flexibility index (Phi) is 4.66. The van der Waals surface area contributed by atoms with Crippen molar-refractivity contribution in [1.29, 1.82) is 0 Å². The van der Waals surface area contributed by atoms with E-state index in [9.17, 15) is 13.2 Å². The molecule has 3 aromatic rings. The lowest BCUT2D eigenvalue weighted by Crippen LogP contribution is -1.99. The van der Waals surface area contributed by atoms with Crippen LogP contribution in [-0.4, -0.2) is 15.2 Å². The van der Waals surface area contributed by atoms with E-state index in [1.807, 2.05) is 0 Å². The molecule has 0 unspecified atom stereocenters. The van der Waals surface area contributed by atoms with Gasteiger partial charge in [0, 0.05) is 17.3 Å². The molecular weight excluding hydrogens is 347 g/mol. The first-order valence-electron chi connectivity index (χ1n) is 6.67. The van der Waals surface area contributed by atoms with Crippen LogP contribution in [0.15, 0.2) is 40.9 Å². The van der Waals surface area contributed by atoms with Crippen molar-refractivity contribution in [3.8, 4) is 17.2 Å². The van der Waals surface area contributed by atoms with Gasteiger partial charge in [-0.25, -0.2) is 4.39 Å². The SMILES string of the molecule is Fc1ccc(Cl)cc1OCc1ccc(-c2nnc(C(F)F)o2)cn1. The number of rotatable bonds is 5. The van der Waals surface area contributed by atoms with Gasteiger partial charge in [-0.15, -0.1) is 10.2 Å². The standard InChI is InChI=1S/C15H9ClF3N3O2/c16-9-2-4-11(17)12(5-9)23-7-10-3-1-8(6-20-10)14-21-22-15(24-14)13(18)19/h1-6,13H,7H2. The molecule has 0 amide bonds. The summed E-state index contributed by atoms with van der Waals surface area (Å²) < 4.78 is 48.5. The summed E-state index contributed by atoms with van der Waals surface area (Å²) in [5.41, 5.74) is 0.874. The lowest BCUT2D eigenvalue weighted by molar-refractivity contribution is 0.116. The van der Waals surface area contributed by atoms with Gasteiger partial charge in [0.2, 0.25) is 5.89 Å². The first-order valence-corrected chi connectivity index (χ1v) is 7.05. The largest absolute Gasteiger partial charge is 0.484 e. The van der Waals surface area contributed by atoms with Crippen LogP contribution in [0.1, 0.15) is 18.0 Å². The van der Waals surface area contributed by atoms with Gasteiger partial charge in [0.05, 0.1) is 11.3 Å². The summed E-state index contributed by atoms with van der Waals surface area (Å²) in [6.45, 7) is 0.00363. The maximum absolute atomic E-state index is 13.5. The Balaban J connectivity index is 1.69. The normalized spacial score (nSPS) is 11.0. The van der Waals surface area contributed by atoms with E-state index in [1.165, 1.54) is 24.4 Å². The van der Waals surface area contributed by atoms with E-state index in [0.29, 0.717) is 16.3 Å². The zero-order valence-corrected chi connectivity index (χ0v) is 12.7. The summed E-state index contributed by atoms with van der Waals surface area (Å²) in [5.74, 6) is -1.35. The summed E-state index contributed by atoms with van der Waals surface area (Å²) in [7, 11) is 0. The minimum Gasteiger partial charge on any atom is -0.484 e. The van der Waals surface area contributed by atoms with Gasteiger partial charge in [0.15, 0.2) is 11.6 Å². The minimum atomic E-state index is -2.83. The Morgan fingerprint density at radius 3 is 2.67 bits per heavy atom. The number of alkyl halides is 2. The van der Waals surface area contributed by atoms with Crippen LogP contribution in [-0.2, 0) is 6.61 Å². The van der Waals surface area contributed by atoms with E-state index >= 15 is 0 Å². The highest BCUT2D eigenvalue weighted by Gasteiger charge is 2.17. The molecule has 0 saturated carbocycles. The fourth-order valence-corrected chi connectivity index (χ4v) is 1.98. The Labute approximate surface area is 139 Å². The average Bonchev–Trinajstić information content (AvgIpc) is 3.06. The highest BCUT2D eigenvalue weighted by atomic mass is 35.5. The van der Waals surface area contributed by atoms with Crippen molar-refractivity contribution in [2.75, 3.05) is 0 Å². The maximum Gasteiger partial charge on any atom is 0.314 e. The van der Waals surface area contributed by atoms with Crippen molar-refractivity contribution < 1.29 is 22.3 Å². The molecule has 0 saturated heterocycles. The van der Waals surface area contributed by atoms with Crippen LogP contribution >= 0.6 is 11.6 Å². The van der Waals surface area contributed by atoms with Gasteiger partial charge in [-0.05, 0) is 24.3 Å². The monoisotopic (exact) mass is 355 g/mol. The number of hydrogen-bond acceptors (Lipinski definition) is 5. The molecule has 24 heavy (non-hydrogen) atoms. The number of halogens is 4. The number of benzene rings is 1. The van der Waals surface area contributed by atoms with Gasteiger partial charge in [0.1, 0.15) is 6.61 Å². The van der Waals surface area contributed by atoms with Gasteiger partial charge >= 0.3 is 6.43 Å². The van der Waals surface area contributed by atoms with Crippen LogP contribution in [0.5, 0.6) is 5.75 Å². The van der Waals surface area contributed by atoms with E-state index in [1.54, 1.807) is 12.1 Å². The molecule has 124 valence electrons. The third-order valence-electron chi connectivity index (χ3n) is 2.97. The van der Waals surface area contributed by atoms with E-state index in [2.05, 4.69) is 15.2 Å². The Hall–Kier alpha value is -2.61. The zero-order valence-electron chi connectivity index (χ0n) is 11.9. The topological polar surface area (TPSA) is 61.0 Å². The fourth-order valence-electron chi connectivity index (χ4n) is 1.82. The Bertz CT molecular complexity index is 840. The molecule has 5 nitrogen and oxygen atoms in total. The molecular formula is C15H9ClF3N3O2. The number of hydrogen-bond donors (Lipinski definition) is 0. The summed E-state index contributed by atoms with van der Waals surface area (Å²) in [6.07, 6.45) is -1.46. The highest BCUT2D eigenvalue weighted by molar-refractivity contribution is 6.30. The van der Waals surface area contributed by atoms with E-state index < -0.39 is 18.1 Å². The molecule has 0 spiro atoms. The molecule has 0 aliphatic heterocycles. The smallest absolute Gasteiger partial charge is 0.314 e. The summed E-state index contributed by atoms with van der Waals surface area (Å²) >= 11 is 5.77. The first-order chi connectivity index (χ1) is 11.5. The predicted molar refractivity (Wildman–Crippen MR) is 78.2 cm³/mol. The predicted octanol–water partition coefficient (Wildman–Crippen LogP) is 4.44. The molecule has 9 heteroatoms. The average molecular weight is 356 g/mol. The molecule has 3 rings (SSSR count). The van der Waals surface area contributed by atoms with Gasteiger partial charge in [-0.2, -0.15) is 8.78 Å². The van der Waals surface area contributed by atoms with Gasteiger partial charge in [-0.1, -0.05) is 11.6 Å². The molecule has 0 N–H and O–H groups in total. The van der Waals surface area contributed by atoms with Crippen molar-refractivity contribution >= 4 is 11.6 Å². The third-order valence-corrected chi connectivity index (χ3v) is 3.20. The minimum absolute atomic E-state index is 0.00363. The summed E-state index contributed by atoms with van der Waals surface area (Å²) in [6, 6.07) is 7.10. The van der Waals surface area contributed by atoms with Crippen LogP contribution in [0, 0.1) is 5.82 Å². The third kappa shape index (κ3) is 3.65. The van der Waals surface area contributed by atoms with E-state index in [4.69, 9.17) is 20.8 Å². The molecule has 0 fully saturated rings. The molecule has 0 aliphatic carbocycles. The number of ether oxygens (including phenoxy) is 1. The molecule has 0 radical (unpaired) electrons. The number of pyridine rings is 1. The quantitative estimate of drug-likeness (QED) is 0.677. The van der Waals surface area contributed by atoms with Crippen molar-refractivity contribution in [2.45, 2.75) is 13.0 Å². The van der Waals surface area contributed by atoms with Crippen LogP contribution in [0.2, 0.25) is 5.02 Å². The van der Waals surface area contributed by atoms with E-state index in [0.717, 1.165) is 0 Å². The maximum atomic E-state index is 13.5. The molecule has 2 aromatic heterocycles. The first kappa shape index (κ1) is 16.3. The van der Waals surface area contributed by atoms with Crippen molar-refractivity contribution in [1.82, 2.24) is 15.2 Å². The van der Waals surface area contributed by atoms with Crippen LogP contribution in [0.25, 0.3) is 11.5 Å². The molecule has 1 aromatic carbocycles. The Morgan fingerprint density at radius 2 is 2.00 bits per heavy atom. The van der Waals surface area contributed by atoms with Gasteiger partial charge in [-0.3, -0.25) is 4.98 Å². The van der Waals surface area contributed by atoms with Crippen LogP contribution in [0.4, 0.5) is 13.2 Å². The van der Waals surface area contributed by atoms with E-state index in [-0.39, 0.29) is 18.2 Å². The second-order valence-corrected chi connectivity index (χ2v) is 5.08. The summed E-state index contributed by atoms with van der Waals surface area (Å²) in [4.78, 5) is 4.08. The summed E-state index contributed by atoms with van der Waals surface area (Å²) in [5, 5.41) is 7.10. The van der Waals surface area contributed by atoms with Gasteiger partial charge < -0.3 is 9.15 Å².